The van der Waals surface area contributed by atoms with Crippen molar-refractivity contribution in [1.82, 2.24) is 9.80 Å². The van der Waals surface area contributed by atoms with E-state index in [1.807, 2.05) is 6.92 Å². The van der Waals surface area contributed by atoms with Crippen molar-refractivity contribution in [2.24, 2.45) is 5.92 Å². The van der Waals surface area contributed by atoms with Gasteiger partial charge in [0.25, 0.3) is 0 Å². The van der Waals surface area contributed by atoms with Crippen LogP contribution in [0.2, 0.25) is 0 Å². The summed E-state index contributed by atoms with van der Waals surface area (Å²) in [5.74, 6) is 0.176. The fourth-order valence-electron chi connectivity index (χ4n) is 2.00. The fourth-order valence-corrected chi connectivity index (χ4v) is 2.29. The molecule has 0 N–H and O–H groups in total. The van der Waals surface area contributed by atoms with Gasteiger partial charge in [-0.25, -0.2) is 0 Å². The van der Waals surface area contributed by atoms with Gasteiger partial charge in [-0.3, -0.25) is 9.59 Å². The summed E-state index contributed by atoms with van der Waals surface area (Å²) in [6, 6.07) is 0. The molecule has 0 spiro atoms. The van der Waals surface area contributed by atoms with Crippen molar-refractivity contribution in [1.29, 1.82) is 0 Å². The summed E-state index contributed by atoms with van der Waals surface area (Å²) in [6.45, 7) is 3.15. The Morgan fingerprint density at radius 3 is 2.56 bits per heavy atom. The molecule has 1 aliphatic heterocycles. The topological polar surface area (TPSA) is 40.6 Å². The van der Waals surface area contributed by atoms with Crippen molar-refractivity contribution in [3.8, 4) is 0 Å². The second kappa shape index (κ2) is 5.66. The monoisotopic (exact) mass is 290 g/mol. The van der Waals surface area contributed by atoms with E-state index in [9.17, 15) is 9.59 Å². The zero-order valence-corrected chi connectivity index (χ0v) is 11.7. The molecule has 0 bridgehead atoms. The highest BCUT2D eigenvalue weighted by Crippen LogP contribution is 2.19. The van der Waals surface area contributed by atoms with Gasteiger partial charge in [0.05, 0.1) is 10.7 Å². The lowest BCUT2D eigenvalue weighted by atomic mass is 9.96. The fraction of sp³-hybridized carbons (Fsp3) is 0.818. The number of hydrogen-bond acceptors (Lipinski definition) is 2. The maximum Gasteiger partial charge on any atom is 0.236 e. The molecule has 0 aromatic carbocycles. The Hall–Kier alpha value is -0.580. The number of amides is 2. The van der Waals surface area contributed by atoms with Gasteiger partial charge >= 0.3 is 0 Å². The summed E-state index contributed by atoms with van der Waals surface area (Å²) in [5.41, 5.74) is 0. The molecule has 1 saturated heterocycles. The Morgan fingerprint density at radius 2 is 2.06 bits per heavy atom. The van der Waals surface area contributed by atoms with Crippen LogP contribution >= 0.6 is 15.9 Å². The molecular formula is C11H19BrN2O2. The molecule has 2 atom stereocenters. The van der Waals surface area contributed by atoms with Crippen LogP contribution in [0.15, 0.2) is 0 Å². The van der Waals surface area contributed by atoms with Crippen LogP contribution in [0, 0.1) is 5.92 Å². The van der Waals surface area contributed by atoms with E-state index < -0.39 is 0 Å². The van der Waals surface area contributed by atoms with Crippen LogP contribution in [-0.4, -0.2) is 53.6 Å². The van der Waals surface area contributed by atoms with E-state index >= 15 is 0 Å². The molecule has 1 aliphatic rings. The molecule has 0 aromatic heterocycles. The van der Waals surface area contributed by atoms with Gasteiger partial charge in [-0.2, -0.15) is 0 Å². The lowest BCUT2D eigenvalue weighted by Crippen LogP contribution is -2.46. The molecule has 4 nitrogen and oxygen atoms in total. The molecule has 92 valence electrons. The molecule has 1 rings (SSSR count). The van der Waals surface area contributed by atoms with E-state index in [1.165, 1.54) is 0 Å². The lowest BCUT2D eigenvalue weighted by molar-refractivity contribution is -0.138. The second-order valence-corrected chi connectivity index (χ2v) is 5.85. The van der Waals surface area contributed by atoms with E-state index in [2.05, 4.69) is 15.9 Å². The van der Waals surface area contributed by atoms with E-state index in [4.69, 9.17) is 0 Å². The van der Waals surface area contributed by atoms with Gasteiger partial charge in [-0.1, -0.05) is 15.9 Å². The maximum absolute atomic E-state index is 11.8. The van der Waals surface area contributed by atoms with Gasteiger partial charge in [0.15, 0.2) is 0 Å². The van der Waals surface area contributed by atoms with Crippen LogP contribution < -0.4 is 0 Å². The molecule has 1 fully saturated rings. The standard InChI is InChI=1S/C11H19BrN2O2/c1-8(12)10(15)14-6-4-5-9(7-14)11(16)13(2)3/h8-9H,4-7H2,1-3H3/t8-,9-/m1/s1. The van der Waals surface area contributed by atoms with Crippen LogP contribution in [-0.2, 0) is 9.59 Å². The average molecular weight is 291 g/mol. The van der Waals surface area contributed by atoms with Crippen LogP contribution in [0.3, 0.4) is 0 Å². The number of alkyl halides is 1. The number of rotatable bonds is 2. The Balaban J connectivity index is 2.60. The van der Waals surface area contributed by atoms with Crippen LogP contribution in [0.5, 0.6) is 0 Å². The first-order valence-corrected chi connectivity index (χ1v) is 6.49. The number of likely N-dealkylation sites (tertiary alicyclic amines) is 1. The first kappa shape index (κ1) is 13.5. The molecule has 0 aliphatic carbocycles. The van der Waals surface area contributed by atoms with Crippen molar-refractivity contribution < 1.29 is 9.59 Å². The normalized spacial score (nSPS) is 22.8. The molecule has 0 radical (unpaired) electrons. The Bertz CT molecular complexity index is 253. The Morgan fingerprint density at radius 1 is 1.44 bits per heavy atom. The first-order chi connectivity index (χ1) is 7.43. The van der Waals surface area contributed by atoms with Crippen LogP contribution in [0.4, 0.5) is 0 Å². The lowest BCUT2D eigenvalue weighted by Gasteiger charge is -2.33. The van der Waals surface area contributed by atoms with Gasteiger partial charge in [0, 0.05) is 27.2 Å². The minimum atomic E-state index is -0.166. The third-order valence-corrected chi connectivity index (χ3v) is 3.26. The van der Waals surface area contributed by atoms with Crippen molar-refractivity contribution in [2.45, 2.75) is 24.6 Å². The number of piperidine rings is 1. The van der Waals surface area contributed by atoms with E-state index in [0.29, 0.717) is 6.54 Å². The molecule has 16 heavy (non-hydrogen) atoms. The third kappa shape index (κ3) is 3.20. The first-order valence-electron chi connectivity index (χ1n) is 5.57. The van der Waals surface area contributed by atoms with E-state index in [0.717, 1.165) is 19.4 Å². The zero-order chi connectivity index (χ0) is 12.3. The van der Waals surface area contributed by atoms with Gasteiger partial charge < -0.3 is 9.80 Å². The Labute approximate surface area is 105 Å². The smallest absolute Gasteiger partial charge is 0.236 e. The maximum atomic E-state index is 11.8. The summed E-state index contributed by atoms with van der Waals surface area (Å²) in [7, 11) is 3.52. The van der Waals surface area contributed by atoms with Gasteiger partial charge in [-0.15, -0.1) is 0 Å². The predicted molar refractivity (Wildman–Crippen MR) is 66.4 cm³/mol. The summed E-state index contributed by atoms with van der Waals surface area (Å²) in [6.07, 6.45) is 1.80. The summed E-state index contributed by atoms with van der Waals surface area (Å²) in [5, 5.41) is 0. The van der Waals surface area contributed by atoms with Gasteiger partial charge in [0.2, 0.25) is 11.8 Å². The number of carbonyl (C=O) groups is 2. The quantitative estimate of drug-likeness (QED) is 0.715. The van der Waals surface area contributed by atoms with Gasteiger partial charge in [0.1, 0.15) is 0 Å². The van der Waals surface area contributed by atoms with Gasteiger partial charge in [-0.05, 0) is 19.8 Å². The number of halogens is 1. The largest absolute Gasteiger partial charge is 0.349 e. The molecular weight excluding hydrogens is 272 g/mol. The molecule has 0 saturated carbocycles. The highest BCUT2D eigenvalue weighted by molar-refractivity contribution is 9.10. The van der Waals surface area contributed by atoms with E-state index in [-0.39, 0.29) is 22.6 Å². The molecule has 0 unspecified atom stereocenters. The molecule has 0 aromatic rings. The highest BCUT2D eigenvalue weighted by atomic mass is 79.9. The molecule has 2 amide bonds. The van der Waals surface area contributed by atoms with Crippen molar-refractivity contribution >= 4 is 27.7 Å². The van der Waals surface area contributed by atoms with E-state index in [1.54, 1.807) is 23.9 Å². The predicted octanol–water partition coefficient (Wildman–Crippen LogP) is 1.10. The Kier molecular flexibility index (Phi) is 4.77. The second-order valence-electron chi connectivity index (χ2n) is 4.47. The van der Waals surface area contributed by atoms with Crippen molar-refractivity contribution in [3.63, 3.8) is 0 Å². The van der Waals surface area contributed by atoms with Crippen LogP contribution in [0.1, 0.15) is 19.8 Å². The van der Waals surface area contributed by atoms with Crippen molar-refractivity contribution in [3.05, 3.63) is 0 Å². The van der Waals surface area contributed by atoms with Crippen LogP contribution in [0.25, 0.3) is 0 Å². The summed E-state index contributed by atoms with van der Waals surface area (Å²) >= 11 is 3.27. The number of carbonyl (C=O) groups excluding carboxylic acids is 2. The summed E-state index contributed by atoms with van der Waals surface area (Å²) < 4.78 is 0. The molecule has 5 heteroatoms. The minimum absolute atomic E-state index is 0.0288. The average Bonchev–Trinajstić information content (AvgIpc) is 2.26. The SMILES string of the molecule is C[C@@H](Br)C(=O)N1CCC[C@@H](C(=O)N(C)C)C1. The number of nitrogens with zero attached hydrogens (tertiary/aromatic N) is 2. The third-order valence-electron chi connectivity index (χ3n) is 2.86. The summed E-state index contributed by atoms with van der Waals surface area (Å²) in [4.78, 5) is 26.8. The highest BCUT2D eigenvalue weighted by Gasteiger charge is 2.30. The van der Waals surface area contributed by atoms with Crippen molar-refractivity contribution in [2.75, 3.05) is 27.2 Å². The molecule has 1 heterocycles. The minimum Gasteiger partial charge on any atom is -0.349 e. The number of hydrogen-bond donors (Lipinski definition) is 0. The zero-order valence-electron chi connectivity index (χ0n) is 10.1.